The van der Waals surface area contributed by atoms with Gasteiger partial charge in [0.05, 0.1) is 6.04 Å². The van der Waals surface area contributed by atoms with Crippen molar-refractivity contribution >= 4 is 0 Å². The summed E-state index contributed by atoms with van der Waals surface area (Å²) in [5.74, 6) is 2.95. The molecule has 0 heterocycles. The average molecular weight is 277 g/mol. The molecule has 0 spiro atoms. The molecule has 1 aliphatic rings. The van der Waals surface area contributed by atoms with Gasteiger partial charge in [0.2, 0.25) is 0 Å². The molecule has 20 heavy (non-hydrogen) atoms. The van der Waals surface area contributed by atoms with Gasteiger partial charge in [-0.2, -0.15) is 0 Å². The smallest absolute Gasteiger partial charge is 0.0603 e. The maximum atomic E-state index is 8.74. The van der Waals surface area contributed by atoms with Crippen molar-refractivity contribution in [3.8, 4) is 0 Å². The summed E-state index contributed by atoms with van der Waals surface area (Å²) >= 11 is 0. The van der Waals surface area contributed by atoms with Crippen LogP contribution in [0.25, 0.3) is 10.4 Å². The first kappa shape index (κ1) is 17.1. The second-order valence-electron chi connectivity index (χ2n) is 7.89. The molecule has 4 atom stereocenters. The lowest BCUT2D eigenvalue weighted by molar-refractivity contribution is 0.178. The van der Waals surface area contributed by atoms with Crippen LogP contribution in [0.4, 0.5) is 0 Å². The van der Waals surface area contributed by atoms with Crippen LogP contribution in [0.2, 0.25) is 0 Å². The Bertz CT molecular complexity index is 372. The monoisotopic (exact) mass is 277 g/mol. The van der Waals surface area contributed by atoms with E-state index < -0.39 is 0 Å². The van der Waals surface area contributed by atoms with Crippen molar-refractivity contribution in [2.75, 3.05) is 0 Å². The summed E-state index contributed by atoms with van der Waals surface area (Å²) in [6, 6.07) is -0.0578. The van der Waals surface area contributed by atoms with Gasteiger partial charge in [0.1, 0.15) is 0 Å². The summed E-state index contributed by atoms with van der Waals surface area (Å²) in [5, 5.41) is 3.96. The standard InChI is InChI=1S/C17H31N3/c1-12(2)15-9-7-13(3)11-14(15)8-10-16(19-20-18)17(4,5)6/h8,10,12-16H,7,9,11H2,1-6H3/b10-8+/t13-,14-,15+,16-/m1/s1. The Morgan fingerprint density at radius 3 is 2.40 bits per heavy atom. The minimum atomic E-state index is -0.0578. The first-order chi connectivity index (χ1) is 9.25. The van der Waals surface area contributed by atoms with E-state index in [1.165, 1.54) is 19.3 Å². The van der Waals surface area contributed by atoms with Crippen LogP contribution >= 0.6 is 0 Å². The zero-order chi connectivity index (χ0) is 15.3. The summed E-state index contributed by atoms with van der Waals surface area (Å²) in [4.78, 5) is 3.01. The van der Waals surface area contributed by atoms with Gasteiger partial charge >= 0.3 is 0 Å². The highest BCUT2D eigenvalue weighted by Crippen LogP contribution is 2.39. The van der Waals surface area contributed by atoms with Gasteiger partial charge in [0.25, 0.3) is 0 Å². The summed E-state index contributed by atoms with van der Waals surface area (Å²) < 4.78 is 0. The van der Waals surface area contributed by atoms with Crippen molar-refractivity contribution in [1.82, 2.24) is 0 Å². The zero-order valence-electron chi connectivity index (χ0n) is 14.0. The largest absolute Gasteiger partial charge is 0.0860 e. The van der Waals surface area contributed by atoms with Gasteiger partial charge in [-0.05, 0) is 47.5 Å². The summed E-state index contributed by atoms with van der Waals surface area (Å²) in [6.45, 7) is 13.4. The maximum absolute atomic E-state index is 8.74. The topological polar surface area (TPSA) is 48.8 Å². The van der Waals surface area contributed by atoms with Crippen LogP contribution < -0.4 is 0 Å². The molecule has 0 amide bonds. The van der Waals surface area contributed by atoms with Crippen LogP contribution in [0.5, 0.6) is 0 Å². The molecule has 0 radical (unpaired) electrons. The van der Waals surface area contributed by atoms with Gasteiger partial charge in [-0.25, -0.2) is 0 Å². The lowest BCUT2D eigenvalue weighted by Gasteiger charge is -2.36. The van der Waals surface area contributed by atoms with Crippen molar-refractivity contribution in [3.05, 3.63) is 22.6 Å². The third-order valence-corrected chi connectivity index (χ3v) is 4.68. The maximum Gasteiger partial charge on any atom is 0.0603 e. The van der Waals surface area contributed by atoms with Crippen LogP contribution in [0, 0.1) is 29.1 Å². The van der Waals surface area contributed by atoms with Crippen LogP contribution in [0.3, 0.4) is 0 Å². The molecule has 0 unspecified atom stereocenters. The predicted molar refractivity (Wildman–Crippen MR) is 86.4 cm³/mol. The second kappa shape index (κ2) is 7.17. The second-order valence-corrected chi connectivity index (χ2v) is 7.89. The molecule has 0 aromatic heterocycles. The first-order valence-corrected chi connectivity index (χ1v) is 7.98. The fraction of sp³-hybridized carbons (Fsp3) is 0.882. The molecular formula is C17H31N3. The number of hydrogen-bond acceptors (Lipinski definition) is 1. The van der Waals surface area contributed by atoms with E-state index in [1.807, 2.05) is 0 Å². The third kappa shape index (κ3) is 4.86. The van der Waals surface area contributed by atoms with Gasteiger partial charge < -0.3 is 0 Å². The number of azide groups is 1. The highest BCUT2D eigenvalue weighted by Gasteiger charge is 2.29. The Balaban J connectivity index is 2.85. The zero-order valence-corrected chi connectivity index (χ0v) is 14.0. The number of allylic oxidation sites excluding steroid dienone is 1. The van der Waals surface area contributed by atoms with Crippen molar-refractivity contribution in [2.24, 2.45) is 34.2 Å². The van der Waals surface area contributed by atoms with Crippen molar-refractivity contribution in [3.63, 3.8) is 0 Å². The predicted octanol–water partition coefficient (Wildman–Crippen LogP) is 5.98. The van der Waals surface area contributed by atoms with Crippen molar-refractivity contribution in [2.45, 2.75) is 66.8 Å². The molecule has 0 aromatic carbocycles. The minimum absolute atomic E-state index is 0.0175. The summed E-state index contributed by atoms with van der Waals surface area (Å²) in [7, 11) is 0. The molecule has 0 saturated heterocycles. The highest BCUT2D eigenvalue weighted by atomic mass is 15.1. The van der Waals surface area contributed by atoms with E-state index in [0.29, 0.717) is 5.92 Å². The van der Waals surface area contributed by atoms with E-state index in [9.17, 15) is 0 Å². The van der Waals surface area contributed by atoms with E-state index >= 15 is 0 Å². The van der Waals surface area contributed by atoms with E-state index in [2.05, 4.69) is 63.7 Å². The fourth-order valence-electron chi connectivity index (χ4n) is 3.30. The van der Waals surface area contributed by atoms with E-state index in [4.69, 9.17) is 5.53 Å². The molecule has 1 saturated carbocycles. The Kier molecular flexibility index (Phi) is 6.13. The first-order valence-electron chi connectivity index (χ1n) is 7.98. The minimum Gasteiger partial charge on any atom is -0.0860 e. The summed E-state index contributed by atoms with van der Waals surface area (Å²) in [5.41, 5.74) is 8.73. The van der Waals surface area contributed by atoms with Crippen molar-refractivity contribution in [1.29, 1.82) is 0 Å². The van der Waals surface area contributed by atoms with E-state index in [-0.39, 0.29) is 11.5 Å². The average Bonchev–Trinajstić information content (AvgIpc) is 2.32. The molecule has 1 fully saturated rings. The van der Waals surface area contributed by atoms with Crippen LogP contribution in [-0.2, 0) is 0 Å². The van der Waals surface area contributed by atoms with E-state index in [1.54, 1.807) is 0 Å². The normalized spacial score (nSPS) is 29.4. The molecule has 1 rings (SSSR count). The van der Waals surface area contributed by atoms with Crippen molar-refractivity contribution < 1.29 is 0 Å². The van der Waals surface area contributed by atoms with Gasteiger partial charge in [0, 0.05) is 4.91 Å². The SMILES string of the molecule is CC(C)[C@@H]1CC[C@@H](C)C[C@H]1/C=C/[C@@H](N=[N+]=[N-])C(C)(C)C. The van der Waals surface area contributed by atoms with Crippen LogP contribution in [0.1, 0.15) is 60.8 Å². The molecule has 0 aromatic rings. The molecule has 3 nitrogen and oxygen atoms in total. The Labute approximate surface area is 124 Å². The quantitative estimate of drug-likeness (QED) is 0.263. The highest BCUT2D eigenvalue weighted by molar-refractivity contribution is 5.04. The number of nitrogens with zero attached hydrogens (tertiary/aromatic N) is 3. The van der Waals surface area contributed by atoms with E-state index in [0.717, 1.165) is 17.8 Å². The van der Waals surface area contributed by atoms with Gasteiger partial charge in [-0.1, -0.05) is 65.2 Å². The summed E-state index contributed by atoms with van der Waals surface area (Å²) in [6.07, 6.45) is 8.44. The molecule has 0 bridgehead atoms. The molecule has 0 N–H and O–H groups in total. The lowest BCUT2D eigenvalue weighted by Crippen LogP contribution is -2.27. The number of rotatable bonds is 4. The Morgan fingerprint density at radius 2 is 1.90 bits per heavy atom. The lowest BCUT2D eigenvalue weighted by atomic mass is 9.70. The molecule has 114 valence electrons. The number of hydrogen-bond donors (Lipinski definition) is 0. The molecular weight excluding hydrogens is 246 g/mol. The van der Waals surface area contributed by atoms with Gasteiger partial charge in [-0.3, -0.25) is 0 Å². The third-order valence-electron chi connectivity index (χ3n) is 4.68. The fourth-order valence-corrected chi connectivity index (χ4v) is 3.30. The van der Waals surface area contributed by atoms with Gasteiger partial charge in [0.15, 0.2) is 0 Å². The molecule has 3 heteroatoms. The van der Waals surface area contributed by atoms with Crippen LogP contribution in [0.15, 0.2) is 17.3 Å². The molecule has 1 aliphatic carbocycles. The van der Waals surface area contributed by atoms with Crippen LogP contribution in [-0.4, -0.2) is 6.04 Å². The van der Waals surface area contributed by atoms with Gasteiger partial charge in [-0.15, -0.1) is 0 Å². The Morgan fingerprint density at radius 1 is 1.25 bits per heavy atom. The molecule has 0 aliphatic heterocycles. The Hall–Kier alpha value is -0.950.